The molecule has 0 aliphatic heterocycles. The molecule has 0 aromatic heterocycles. The summed E-state index contributed by atoms with van der Waals surface area (Å²) in [5.41, 5.74) is 9.91. The summed E-state index contributed by atoms with van der Waals surface area (Å²) in [5, 5.41) is 3.62. The highest BCUT2D eigenvalue weighted by molar-refractivity contribution is 5.75. The zero-order chi connectivity index (χ0) is 27.2. The second kappa shape index (κ2) is 12.5. The molecule has 2 unspecified atom stereocenters. The Morgan fingerprint density at radius 1 is 1.11 bits per heavy atom. The Kier molecular flexibility index (Phi) is 9.90. The molecule has 1 N–H and O–H groups in total. The van der Waals surface area contributed by atoms with E-state index < -0.39 is 0 Å². The van der Waals surface area contributed by atoms with Gasteiger partial charge in [0.15, 0.2) is 0 Å². The van der Waals surface area contributed by atoms with Gasteiger partial charge in [-0.25, -0.2) is 0 Å². The molecule has 1 aromatic rings. The van der Waals surface area contributed by atoms with Crippen molar-refractivity contribution >= 4 is 5.57 Å². The lowest BCUT2D eigenvalue weighted by Crippen LogP contribution is -2.38. The van der Waals surface area contributed by atoms with E-state index in [1.54, 1.807) is 5.57 Å². The van der Waals surface area contributed by atoms with Crippen molar-refractivity contribution in [3.8, 4) is 0 Å². The van der Waals surface area contributed by atoms with Crippen LogP contribution in [0, 0.1) is 16.7 Å². The lowest BCUT2D eigenvalue weighted by molar-refractivity contribution is 0.226. The van der Waals surface area contributed by atoms with Crippen LogP contribution in [0.1, 0.15) is 111 Å². The molecule has 1 aromatic carbocycles. The number of benzene rings is 1. The van der Waals surface area contributed by atoms with Crippen LogP contribution in [0.4, 0.5) is 0 Å². The molecule has 3 rings (SSSR count). The first kappa shape index (κ1) is 29.3. The quantitative estimate of drug-likeness (QED) is 0.223. The van der Waals surface area contributed by atoms with Gasteiger partial charge in [0.25, 0.3) is 0 Å². The Balaban J connectivity index is 1.65. The smallest absolute Gasteiger partial charge is 0.0295 e. The van der Waals surface area contributed by atoms with Crippen LogP contribution in [0.2, 0.25) is 0 Å². The standard InChI is InChI=1S/C36H53N/c1-10-12-14-30-15-18-32(19-16-30)33-21-22-36(9)25-31(17-20-34(36)35(33,7)8)24-27(4)29(6)37-28(5)23-26(3)13-11-2/h13,15-16,18-21,28,31,37H,4,6,10-12,14,17,22-25H2,1-3,5,7-9H3/b26-13-/t28?,31?,36-/m1/s1. The van der Waals surface area contributed by atoms with Crippen molar-refractivity contribution in [3.63, 3.8) is 0 Å². The van der Waals surface area contributed by atoms with Gasteiger partial charge in [0.2, 0.25) is 0 Å². The van der Waals surface area contributed by atoms with Crippen molar-refractivity contribution < 1.29 is 0 Å². The average molecular weight is 500 g/mol. The minimum absolute atomic E-state index is 0.0599. The van der Waals surface area contributed by atoms with Crippen molar-refractivity contribution in [2.24, 2.45) is 16.7 Å². The van der Waals surface area contributed by atoms with Gasteiger partial charge in [0.1, 0.15) is 0 Å². The topological polar surface area (TPSA) is 12.0 Å². The highest BCUT2D eigenvalue weighted by atomic mass is 14.9. The van der Waals surface area contributed by atoms with Crippen LogP contribution in [-0.4, -0.2) is 6.04 Å². The number of hydrogen-bond donors (Lipinski definition) is 1. The summed E-state index contributed by atoms with van der Waals surface area (Å²) in [4.78, 5) is 0. The monoisotopic (exact) mass is 499 g/mol. The second-order valence-electron chi connectivity index (χ2n) is 12.7. The molecule has 0 heterocycles. The largest absolute Gasteiger partial charge is 0.383 e. The van der Waals surface area contributed by atoms with Gasteiger partial charge in [-0.15, -0.1) is 0 Å². The predicted octanol–water partition coefficient (Wildman–Crippen LogP) is 10.4. The number of nitrogens with one attached hydrogen (secondary N) is 1. The SMILES string of the molecule is C=C(CC1CC=C2C(C)(C)C(c3ccc(CCCC)cc3)=CC[C@]2(C)C1)C(=C)NC(C)C/C(C)=C\CC. The lowest BCUT2D eigenvalue weighted by Gasteiger charge is -2.50. The Morgan fingerprint density at radius 2 is 1.81 bits per heavy atom. The first-order valence-corrected chi connectivity index (χ1v) is 14.8. The van der Waals surface area contributed by atoms with Crippen molar-refractivity contribution in [1.82, 2.24) is 5.32 Å². The van der Waals surface area contributed by atoms with Gasteiger partial charge in [-0.3, -0.25) is 0 Å². The van der Waals surface area contributed by atoms with Gasteiger partial charge in [-0.2, -0.15) is 0 Å². The fraction of sp³-hybridized carbons (Fsp3) is 0.556. The highest BCUT2D eigenvalue weighted by Gasteiger charge is 2.45. The van der Waals surface area contributed by atoms with E-state index in [0.717, 1.165) is 37.8 Å². The van der Waals surface area contributed by atoms with Gasteiger partial charge in [-0.1, -0.05) is 108 Å². The molecule has 1 heteroatoms. The summed E-state index contributed by atoms with van der Waals surface area (Å²) in [6.07, 6.45) is 17.8. The van der Waals surface area contributed by atoms with Gasteiger partial charge >= 0.3 is 0 Å². The molecule has 37 heavy (non-hydrogen) atoms. The van der Waals surface area contributed by atoms with E-state index >= 15 is 0 Å². The molecule has 3 atom stereocenters. The number of rotatable bonds is 12. The summed E-state index contributed by atoms with van der Waals surface area (Å²) >= 11 is 0. The van der Waals surface area contributed by atoms with E-state index in [1.165, 1.54) is 53.5 Å². The molecular weight excluding hydrogens is 446 g/mol. The van der Waals surface area contributed by atoms with Crippen LogP contribution in [0.3, 0.4) is 0 Å². The van der Waals surface area contributed by atoms with E-state index in [0.29, 0.717) is 12.0 Å². The average Bonchev–Trinajstić information content (AvgIpc) is 2.82. The Labute approximate surface area is 228 Å². The zero-order valence-corrected chi connectivity index (χ0v) is 25.0. The zero-order valence-electron chi connectivity index (χ0n) is 25.0. The molecular formula is C36H53N. The maximum absolute atomic E-state index is 4.44. The van der Waals surface area contributed by atoms with E-state index in [-0.39, 0.29) is 10.8 Å². The normalized spacial score (nSPS) is 24.0. The van der Waals surface area contributed by atoms with Crippen LogP contribution in [0.25, 0.3) is 5.57 Å². The molecule has 0 radical (unpaired) electrons. The first-order valence-electron chi connectivity index (χ1n) is 14.8. The molecule has 0 fully saturated rings. The third-order valence-electron chi connectivity index (χ3n) is 8.80. The van der Waals surface area contributed by atoms with Crippen LogP contribution in [0.15, 0.2) is 78.1 Å². The highest BCUT2D eigenvalue weighted by Crippen LogP contribution is 2.58. The maximum atomic E-state index is 4.44. The second-order valence-corrected chi connectivity index (χ2v) is 12.7. The van der Waals surface area contributed by atoms with E-state index in [2.05, 4.69) is 109 Å². The van der Waals surface area contributed by atoms with Gasteiger partial charge in [0, 0.05) is 17.2 Å². The van der Waals surface area contributed by atoms with Crippen LogP contribution >= 0.6 is 0 Å². The van der Waals surface area contributed by atoms with E-state index in [1.807, 2.05) is 0 Å². The molecule has 2 aliphatic rings. The van der Waals surface area contributed by atoms with Crippen molar-refractivity contribution in [1.29, 1.82) is 0 Å². The van der Waals surface area contributed by atoms with Crippen molar-refractivity contribution in [2.45, 2.75) is 112 Å². The Bertz CT molecular complexity index is 1040. The minimum atomic E-state index is 0.0599. The molecule has 0 spiro atoms. The van der Waals surface area contributed by atoms with Crippen molar-refractivity contribution in [3.05, 3.63) is 89.2 Å². The molecule has 0 saturated carbocycles. The van der Waals surface area contributed by atoms with Gasteiger partial charge < -0.3 is 5.32 Å². The molecule has 1 nitrogen and oxygen atoms in total. The van der Waals surface area contributed by atoms with Gasteiger partial charge in [-0.05, 0) is 98.8 Å². The Morgan fingerprint density at radius 3 is 2.46 bits per heavy atom. The number of hydrogen-bond acceptors (Lipinski definition) is 1. The summed E-state index contributed by atoms with van der Waals surface area (Å²) in [6, 6.07) is 9.78. The lowest BCUT2D eigenvalue weighted by atomic mass is 9.54. The number of fused-ring (bicyclic) bond motifs is 1. The maximum Gasteiger partial charge on any atom is 0.0295 e. The van der Waals surface area contributed by atoms with Gasteiger partial charge in [0.05, 0.1) is 0 Å². The van der Waals surface area contributed by atoms with E-state index in [9.17, 15) is 0 Å². The number of allylic oxidation sites excluding steroid dienone is 6. The van der Waals surface area contributed by atoms with E-state index in [4.69, 9.17) is 0 Å². The summed E-state index contributed by atoms with van der Waals surface area (Å²) < 4.78 is 0. The summed E-state index contributed by atoms with van der Waals surface area (Å²) in [7, 11) is 0. The molecule has 2 aliphatic carbocycles. The fourth-order valence-electron chi connectivity index (χ4n) is 6.99. The summed E-state index contributed by atoms with van der Waals surface area (Å²) in [6.45, 7) is 25.1. The number of aryl methyl sites for hydroxylation is 1. The fourth-order valence-corrected chi connectivity index (χ4v) is 6.99. The minimum Gasteiger partial charge on any atom is -0.383 e. The third kappa shape index (κ3) is 7.18. The molecule has 202 valence electrons. The predicted molar refractivity (Wildman–Crippen MR) is 165 cm³/mol. The summed E-state index contributed by atoms with van der Waals surface area (Å²) in [5.74, 6) is 0.625. The molecule has 0 bridgehead atoms. The van der Waals surface area contributed by atoms with Crippen LogP contribution in [-0.2, 0) is 6.42 Å². The Hall–Kier alpha value is -2.28. The number of unbranched alkanes of at least 4 members (excludes halogenated alkanes) is 1. The third-order valence-corrected chi connectivity index (χ3v) is 8.80. The van der Waals surface area contributed by atoms with Crippen molar-refractivity contribution in [2.75, 3.05) is 0 Å². The molecule has 0 saturated heterocycles. The molecule has 0 amide bonds. The first-order chi connectivity index (χ1) is 17.5. The van der Waals surface area contributed by atoms with Crippen LogP contribution < -0.4 is 5.32 Å². The van der Waals surface area contributed by atoms with Crippen LogP contribution in [0.5, 0.6) is 0 Å².